The number of sulfone groups is 1. The van der Waals surface area contributed by atoms with Gasteiger partial charge in [0.15, 0.2) is 9.84 Å². The Morgan fingerprint density at radius 3 is 2.32 bits per heavy atom. The Kier molecular flexibility index (Phi) is 4.54. The van der Waals surface area contributed by atoms with Gasteiger partial charge in [-0.15, -0.1) is 0 Å². The molecule has 0 bridgehead atoms. The molecule has 0 radical (unpaired) electrons. The molecule has 1 aliphatic rings. The van der Waals surface area contributed by atoms with Gasteiger partial charge >= 0.3 is 0 Å². The predicted octanol–water partition coefficient (Wildman–Crippen LogP) is 0.792. The van der Waals surface area contributed by atoms with Gasteiger partial charge in [-0.3, -0.25) is 10.1 Å². The van der Waals surface area contributed by atoms with Crippen LogP contribution in [0.2, 0.25) is 0 Å². The molecule has 1 aromatic carbocycles. The minimum atomic E-state index is -3.88. The minimum Gasteiger partial charge on any atom is -0.258 e. The normalized spacial score (nSPS) is 21.1. The molecule has 0 aromatic heterocycles. The number of nitro benzene ring substituents is 1. The third-order valence-electron chi connectivity index (χ3n) is 3.58. The molecule has 1 atom stereocenters. The molecule has 1 aromatic rings. The van der Waals surface area contributed by atoms with Crippen molar-refractivity contribution in [1.29, 1.82) is 0 Å². The van der Waals surface area contributed by atoms with E-state index in [1.54, 1.807) is 6.92 Å². The Hall–Kier alpha value is -1.52. The van der Waals surface area contributed by atoms with Gasteiger partial charge in [-0.05, 0) is 18.6 Å². The molecular formula is C12H16N2O6S2. The number of non-ortho nitro benzene ring substituents is 1. The number of rotatable bonds is 5. The smallest absolute Gasteiger partial charge is 0.258 e. The summed E-state index contributed by atoms with van der Waals surface area (Å²) in [5.41, 5.74) is -0.203. The summed E-state index contributed by atoms with van der Waals surface area (Å²) in [6.45, 7) is 1.77. The van der Waals surface area contributed by atoms with E-state index >= 15 is 0 Å². The van der Waals surface area contributed by atoms with Gasteiger partial charge < -0.3 is 0 Å². The van der Waals surface area contributed by atoms with Crippen molar-refractivity contribution < 1.29 is 21.8 Å². The maximum Gasteiger partial charge on any atom is 0.269 e. The summed E-state index contributed by atoms with van der Waals surface area (Å²) < 4.78 is 49.5. The van der Waals surface area contributed by atoms with Gasteiger partial charge in [0, 0.05) is 24.7 Å². The van der Waals surface area contributed by atoms with Crippen LogP contribution in [0.25, 0.3) is 0 Å². The first-order valence-electron chi connectivity index (χ1n) is 6.64. The second-order valence-corrected chi connectivity index (χ2v) is 9.14. The van der Waals surface area contributed by atoms with Crippen LogP contribution < -0.4 is 0 Å². The summed E-state index contributed by atoms with van der Waals surface area (Å²) in [5.74, 6) is -0.211. The molecule has 2 rings (SSSR count). The topological polar surface area (TPSA) is 115 Å². The summed E-state index contributed by atoms with van der Waals surface area (Å²) in [4.78, 5) is 9.92. The lowest BCUT2D eigenvalue weighted by molar-refractivity contribution is -0.384. The maximum absolute atomic E-state index is 12.6. The second-order valence-electron chi connectivity index (χ2n) is 5.02. The largest absolute Gasteiger partial charge is 0.269 e. The first-order chi connectivity index (χ1) is 10.2. The van der Waals surface area contributed by atoms with Crippen LogP contribution in [-0.2, 0) is 19.9 Å². The van der Waals surface area contributed by atoms with Gasteiger partial charge in [-0.2, -0.15) is 4.31 Å². The SMILES string of the molecule is CCN([C@@H]1CCS(=O)(=O)C1)S(=O)(=O)c1ccc([N+](=O)[O-])cc1. The van der Waals surface area contributed by atoms with Crippen LogP contribution in [0.3, 0.4) is 0 Å². The molecule has 1 saturated heterocycles. The monoisotopic (exact) mass is 348 g/mol. The highest BCUT2D eigenvalue weighted by Crippen LogP contribution is 2.25. The number of nitro groups is 1. The summed E-state index contributed by atoms with van der Waals surface area (Å²) >= 11 is 0. The highest BCUT2D eigenvalue weighted by molar-refractivity contribution is 7.92. The van der Waals surface area contributed by atoms with Crippen molar-refractivity contribution >= 4 is 25.5 Å². The average molecular weight is 348 g/mol. The number of hydrogen-bond acceptors (Lipinski definition) is 6. The maximum atomic E-state index is 12.6. The number of benzene rings is 1. The van der Waals surface area contributed by atoms with E-state index in [9.17, 15) is 26.9 Å². The van der Waals surface area contributed by atoms with Crippen molar-refractivity contribution in [3.63, 3.8) is 0 Å². The summed E-state index contributed by atoms with van der Waals surface area (Å²) in [6, 6.07) is 3.98. The van der Waals surface area contributed by atoms with Crippen LogP contribution in [0.1, 0.15) is 13.3 Å². The van der Waals surface area contributed by atoms with E-state index in [-0.39, 0.29) is 35.1 Å². The van der Waals surface area contributed by atoms with E-state index < -0.39 is 30.8 Å². The van der Waals surface area contributed by atoms with Crippen molar-refractivity contribution in [3.05, 3.63) is 34.4 Å². The predicted molar refractivity (Wildman–Crippen MR) is 79.7 cm³/mol. The van der Waals surface area contributed by atoms with Gasteiger partial charge in [0.1, 0.15) is 0 Å². The van der Waals surface area contributed by atoms with E-state index in [4.69, 9.17) is 0 Å². The standard InChI is InChI=1S/C12H16N2O6S2/c1-2-13(11-7-8-21(17,18)9-11)22(19,20)12-5-3-10(4-6-12)14(15)16/h3-6,11H,2,7-9H2,1H3/t11-/m1/s1. The van der Waals surface area contributed by atoms with E-state index in [0.717, 1.165) is 16.4 Å². The first kappa shape index (κ1) is 16.8. The molecule has 0 saturated carbocycles. The van der Waals surface area contributed by atoms with E-state index in [1.807, 2.05) is 0 Å². The van der Waals surface area contributed by atoms with E-state index in [1.165, 1.54) is 12.1 Å². The van der Waals surface area contributed by atoms with Crippen molar-refractivity contribution in [2.24, 2.45) is 0 Å². The van der Waals surface area contributed by atoms with Gasteiger partial charge in [-0.1, -0.05) is 6.92 Å². The highest BCUT2D eigenvalue weighted by atomic mass is 32.2. The van der Waals surface area contributed by atoms with Crippen LogP contribution in [0, 0.1) is 10.1 Å². The third-order valence-corrected chi connectivity index (χ3v) is 7.37. The van der Waals surface area contributed by atoms with E-state index in [0.29, 0.717) is 0 Å². The minimum absolute atomic E-state index is 0.0239. The lowest BCUT2D eigenvalue weighted by Gasteiger charge is -2.25. The molecule has 10 heteroatoms. The molecule has 22 heavy (non-hydrogen) atoms. The van der Waals surface area contributed by atoms with Crippen molar-refractivity contribution in [1.82, 2.24) is 4.31 Å². The number of hydrogen-bond donors (Lipinski definition) is 0. The Morgan fingerprint density at radius 1 is 1.32 bits per heavy atom. The van der Waals surface area contributed by atoms with Crippen molar-refractivity contribution in [2.45, 2.75) is 24.3 Å². The van der Waals surface area contributed by atoms with Crippen LogP contribution >= 0.6 is 0 Å². The van der Waals surface area contributed by atoms with Crippen molar-refractivity contribution in [3.8, 4) is 0 Å². The van der Waals surface area contributed by atoms with Gasteiger partial charge in [0.2, 0.25) is 10.0 Å². The van der Waals surface area contributed by atoms with Gasteiger partial charge in [0.25, 0.3) is 5.69 Å². The molecule has 0 amide bonds. The Morgan fingerprint density at radius 2 is 1.91 bits per heavy atom. The molecule has 0 N–H and O–H groups in total. The zero-order valence-electron chi connectivity index (χ0n) is 11.9. The summed E-state index contributed by atoms with van der Waals surface area (Å²) in [5, 5.41) is 10.6. The number of sulfonamides is 1. The zero-order chi connectivity index (χ0) is 16.5. The molecule has 1 fully saturated rings. The van der Waals surface area contributed by atoms with Gasteiger partial charge in [-0.25, -0.2) is 16.8 Å². The summed E-state index contributed by atoms with van der Waals surface area (Å²) in [7, 11) is -7.09. The fraction of sp³-hybridized carbons (Fsp3) is 0.500. The first-order valence-corrected chi connectivity index (χ1v) is 9.90. The number of nitrogens with zero attached hydrogens (tertiary/aromatic N) is 2. The molecule has 0 aliphatic carbocycles. The Bertz CT molecular complexity index is 770. The van der Waals surface area contributed by atoms with Crippen LogP contribution in [-0.4, -0.2) is 50.2 Å². The van der Waals surface area contributed by atoms with Crippen LogP contribution in [0.4, 0.5) is 5.69 Å². The third kappa shape index (κ3) is 3.28. The fourth-order valence-electron chi connectivity index (χ4n) is 2.50. The quantitative estimate of drug-likeness (QED) is 0.574. The molecule has 1 heterocycles. The van der Waals surface area contributed by atoms with Crippen LogP contribution in [0.5, 0.6) is 0 Å². The summed E-state index contributed by atoms with van der Waals surface area (Å²) in [6.07, 6.45) is 0.266. The van der Waals surface area contributed by atoms with Gasteiger partial charge in [0.05, 0.1) is 21.3 Å². The Labute approximate surface area is 128 Å². The fourth-order valence-corrected chi connectivity index (χ4v) is 5.99. The Balaban J connectivity index is 2.33. The van der Waals surface area contributed by atoms with E-state index in [2.05, 4.69) is 0 Å². The zero-order valence-corrected chi connectivity index (χ0v) is 13.5. The lowest BCUT2D eigenvalue weighted by Crippen LogP contribution is -2.40. The molecule has 0 unspecified atom stereocenters. The highest BCUT2D eigenvalue weighted by Gasteiger charge is 2.37. The molecular weight excluding hydrogens is 332 g/mol. The van der Waals surface area contributed by atoms with Crippen molar-refractivity contribution in [2.75, 3.05) is 18.1 Å². The average Bonchev–Trinajstić information content (AvgIpc) is 2.79. The lowest BCUT2D eigenvalue weighted by atomic mass is 10.3. The second kappa shape index (κ2) is 5.94. The molecule has 1 aliphatic heterocycles. The molecule has 0 spiro atoms. The van der Waals surface area contributed by atoms with Crippen LogP contribution in [0.15, 0.2) is 29.2 Å². The molecule has 8 nitrogen and oxygen atoms in total. The molecule has 122 valence electrons.